The largest absolute Gasteiger partial charge is 0.493 e. The molecule has 1 heterocycles. The molecule has 1 atom stereocenters. The highest BCUT2D eigenvalue weighted by atomic mass is 35.5. The standard InChI is InChI=1S/C19H17ClN2O2/c1-23-16-8-7-14-17(21-10-22-18(14)19(16)24-2)13-6-4-11-3-5-12(20)9-15(11)13/h3,5,7-10,13H,4,6H2,1-2H3/t13-/m1/s1. The fourth-order valence-corrected chi connectivity index (χ4v) is 3.78. The van der Waals surface area contributed by atoms with Crippen LogP contribution in [0.2, 0.25) is 5.02 Å². The molecule has 4 rings (SSSR count). The van der Waals surface area contributed by atoms with E-state index in [0.717, 1.165) is 34.5 Å². The van der Waals surface area contributed by atoms with Crippen LogP contribution in [0.3, 0.4) is 0 Å². The Labute approximate surface area is 145 Å². The summed E-state index contributed by atoms with van der Waals surface area (Å²) < 4.78 is 10.9. The van der Waals surface area contributed by atoms with Crippen molar-refractivity contribution in [2.24, 2.45) is 0 Å². The lowest BCUT2D eigenvalue weighted by atomic mass is 9.94. The summed E-state index contributed by atoms with van der Waals surface area (Å²) in [4.78, 5) is 9.02. The van der Waals surface area contributed by atoms with Crippen LogP contribution in [0.15, 0.2) is 36.7 Å². The minimum atomic E-state index is 0.224. The normalized spacial score (nSPS) is 16.2. The average molecular weight is 341 g/mol. The van der Waals surface area contributed by atoms with Gasteiger partial charge < -0.3 is 9.47 Å². The van der Waals surface area contributed by atoms with Crippen molar-refractivity contribution in [1.82, 2.24) is 9.97 Å². The number of hydrogen-bond acceptors (Lipinski definition) is 4. The molecular formula is C19H17ClN2O2. The van der Waals surface area contributed by atoms with E-state index in [1.54, 1.807) is 20.5 Å². The molecule has 1 aliphatic rings. The number of nitrogens with zero attached hydrogens (tertiary/aromatic N) is 2. The van der Waals surface area contributed by atoms with Crippen molar-refractivity contribution in [3.05, 3.63) is 58.5 Å². The molecule has 0 bridgehead atoms. The Kier molecular flexibility index (Phi) is 3.77. The van der Waals surface area contributed by atoms with Crippen LogP contribution in [0.1, 0.15) is 29.2 Å². The van der Waals surface area contributed by atoms with Gasteiger partial charge in [-0.1, -0.05) is 17.7 Å². The summed E-state index contributed by atoms with van der Waals surface area (Å²) >= 11 is 6.21. The monoisotopic (exact) mass is 340 g/mol. The fourth-order valence-electron chi connectivity index (χ4n) is 3.60. The van der Waals surface area contributed by atoms with Crippen LogP contribution in [0, 0.1) is 0 Å². The SMILES string of the molecule is COc1ccc2c([C@@H]3CCc4ccc(Cl)cc43)ncnc2c1OC. The lowest BCUT2D eigenvalue weighted by Gasteiger charge is -2.16. The van der Waals surface area contributed by atoms with Crippen LogP contribution >= 0.6 is 11.6 Å². The van der Waals surface area contributed by atoms with Crippen molar-refractivity contribution in [1.29, 1.82) is 0 Å². The van der Waals surface area contributed by atoms with E-state index in [-0.39, 0.29) is 5.92 Å². The molecule has 1 aromatic heterocycles. The van der Waals surface area contributed by atoms with E-state index in [2.05, 4.69) is 22.1 Å². The van der Waals surface area contributed by atoms with E-state index in [1.807, 2.05) is 18.2 Å². The van der Waals surface area contributed by atoms with E-state index in [0.29, 0.717) is 11.5 Å². The summed E-state index contributed by atoms with van der Waals surface area (Å²) in [6, 6.07) is 10.0. The van der Waals surface area contributed by atoms with E-state index in [4.69, 9.17) is 21.1 Å². The zero-order valence-corrected chi connectivity index (χ0v) is 14.3. The van der Waals surface area contributed by atoms with Crippen LogP contribution in [0.4, 0.5) is 0 Å². The molecule has 1 aliphatic carbocycles. The van der Waals surface area contributed by atoms with Gasteiger partial charge in [0.2, 0.25) is 0 Å². The van der Waals surface area contributed by atoms with Crippen LogP contribution in [0.25, 0.3) is 10.9 Å². The Hall–Kier alpha value is -2.33. The zero-order valence-electron chi connectivity index (χ0n) is 13.5. The predicted octanol–water partition coefficient (Wildman–Crippen LogP) is 4.38. The number of aryl methyl sites for hydroxylation is 1. The molecule has 5 heteroatoms. The molecule has 2 aromatic carbocycles. The van der Waals surface area contributed by atoms with E-state index >= 15 is 0 Å². The third kappa shape index (κ3) is 2.29. The summed E-state index contributed by atoms with van der Waals surface area (Å²) in [5, 5.41) is 1.76. The summed E-state index contributed by atoms with van der Waals surface area (Å²) in [7, 11) is 3.25. The van der Waals surface area contributed by atoms with E-state index in [1.165, 1.54) is 11.1 Å². The van der Waals surface area contributed by atoms with Crippen LogP contribution < -0.4 is 9.47 Å². The van der Waals surface area contributed by atoms with Crippen LogP contribution in [-0.2, 0) is 6.42 Å². The van der Waals surface area contributed by atoms with Gasteiger partial charge in [0.1, 0.15) is 11.8 Å². The highest BCUT2D eigenvalue weighted by Crippen LogP contribution is 2.43. The molecule has 0 saturated heterocycles. The van der Waals surface area contributed by atoms with Gasteiger partial charge in [-0.25, -0.2) is 9.97 Å². The number of benzene rings is 2. The van der Waals surface area contributed by atoms with Gasteiger partial charge in [0, 0.05) is 16.3 Å². The molecule has 0 unspecified atom stereocenters. The summed E-state index contributed by atoms with van der Waals surface area (Å²) in [5.41, 5.74) is 4.40. The summed E-state index contributed by atoms with van der Waals surface area (Å²) in [5.74, 6) is 1.54. The number of hydrogen-bond donors (Lipinski definition) is 0. The van der Waals surface area contributed by atoms with Gasteiger partial charge in [0.05, 0.1) is 19.9 Å². The molecular weight excluding hydrogens is 324 g/mol. The van der Waals surface area contributed by atoms with Crippen molar-refractivity contribution in [2.75, 3.05) is 14.2 Å². The number of methoxy groups -OCH3 is 2. The molecule has 0 fully saturated rings. The maximum atomic E-state index is 6.21. The first kappa shape index (κ1) is 15.2. The minimum Gasteiger partial charge on any atom is -0.493 e. The Bertz CT molecular complexity index is 927. The molecule has 0 saturated carbocycles. The smallest absolute Gasteiger partial charge is 0.187 e. The summed E-state index contributed by atoms with van der Waals surface area (Å²) in [6.07, 6.45) is 3.66. The second-order valence-electron chi connectivity index (χ2n) is 5.89. The molecule has 0 radical (unpaired) electrons. The number of halogens is 1. The van der Waals surface area contributed by atoms with Crippen molar-refractivity contribution >= 4 is 22.5 Å². The third-order valence-electron chi connectivity index (χ3n) is 4.69. The second kappa shape index (κ2) is 5.95. The van der Waals surface area contributed by atoms with E-state index in [9.17, 15) is 0 Å². The minimum absolute atomic E-state index is 0.224. The van der Waals surface area contributed by atoms with Gasteiger partial charge in [-0.15, -0.1) is 0 Å². The molecule has 122 valence electrons. The topological polar surface area (TPSA) is 44.2 Å². The highest BCUT2D eigenvalue weighted by molar-refractivity contribution is 6.30. The Morgan fingerprint density at radius 1 is 1.08 bits per heavy atom. The van der Waals surface area contributed by atoms with Crippen molar-refractivity contribution in [3.63, 3.8) is 0 Å². The maximum Gasteiger partial charge on any atom is 0.187 e. The molecule has 3 aromatic rings. The van der Waals surface area contributed by atoms with Crippen LogP contribution in [0.5, 0.6) is 11.5 Å². The molecule has 4 nitrogen and oxygen atoms in total. The molecule has 0 spiro atoms. The van der Waals surface area contributed by atoms with Gasteiger partial charge in [-0.2, -0.15) is 0 Å². The average Bonchev–Trinajstić information content (AvgIpc) is 3.02. The number of aromatic nitrogens is 2. The molecule has 0 aliphatic heterocycles. The first-order valence-electron chi connectivity index (χ1n) is 7.87. The third-order valence-corrected chi connectivity index (χ3v) is 4.93. The number of ether oxygens (including phenoxy) is 2. The fraction of sp³-hybridized carbons (Fsp3) is 0.263. The molecule has 24 heavy (non-hydrogen) atoms. The molecule has 0 amide bonds. The van der Waals surface area contributed by atoms with Gasteiger partial charge in [-0.05, 0) is 48.2 Å². The Morgan fingerprint density at radius 3 is 2.75 bits per heavy atom. The van der Waals surface area contributed by atoms with Gasteiger partial charge in [0.25, 0.3) is 0 Å². The Balaban J connectivity index is 1.92. The van der Waals surface area contributed by atoms with Gasteiger partial charge in [0.15, 0.2) is 11.5 Å². The van der Waals surface area contributed by atoms with Gasteiger partial charge >= 0.3 is 0 Å². The predicted molar refractivity (Wildman–Crippen MR) is 94.3 cm³/mol. The zero-order chi connectivity index (χ0) is 16.7. The van der Waals surface area contributed by atoms with Crippen molar-refractivity contribution in [3.8, 4) is 11.5 Å². The number of fused-ring (bicyclic) bond motifs is 2. The maximum absolute atomic E-state index is 6.21. The number of rotatable bonds is 3. The van der Waals surface area contributed by atoms with Gasteiger partial charge in [-0.3, -0.25) is 0 Å². The Morgan fingerprint density at radius 2 is 1.96 bits per heavy atom. The first-order valence-corrected chi connectivity index (χ1v) is 8.24. The second-order valence-corrected chi connectivity index (χ2v) is 6.33. The lowest BCUT2D eigenvalue weighted by Crippen LogP contribution is -2.03. The lowest BCUT2D eigenvalue weighted by molar-refractivity contribution is 0.358. The van der Waals surface area contributed by atoms with Crippen molar-refractivity contribution in [2.45, 2.75) is 18.8 Å². The molecule has 0 N–H and O–H groups in total. The first-order chi connectivity index (χ1) is 11.7. The van der Waals surface area contributed by atoms with E-state index < -0.39 is 0 Å². The summed E-state index contributed by atoms with van der Waals surface area (Å²) in [6.45, 7) is 0. The van der Waals surface area contributed by atoms with Crippen molar-refractivity contribution < 1.29 is 9.47 Å². The van der Waals surface area contributed by atoms with Crippen LogP contribution in [-0.4, -0.2) is 24.2 Å². The quantitative estimate of drug-likeness (QED) is 0.709. The highest BCUT2D eigenvalue weighted by Gasteiger charge is 2.27.